The molecule has 0 spiro atoms. The van der Waals surface area contributed by atoms with E-state index in [1.807, 2.05) is 6.07 Å². The van der Waals surface area contributed by atoms with Crippen LogP contribution in [-0.4, -0.2) is 29.4 Å². The Kier molecular flexibility index (Phi) is 2.96. The van der Waals surface area contributed by atoms with Crippen molar-refractivity contribution in [3.63, 3.8) is 0 Å². The molecule has 3 rings (SSSR count). The summed E-state index contributed by atoms with van der Waals surface area (Å²) in [7, 11) is 0. The van der Waals surface area contributed by atoms with Crippen LogP contribution in [0.5, 0.6) is 0 Å². The largest absolute Gasteiger partial charge is 0.439 e. The molecule has 0 aliphatic carbocycles. The molecule has 19 heavy (non-hydrogen) atoms. The predicted molar refractivity (Wildman–Crippen MR) is 69.8 cm³/mol. The highest BCUT2D eigenvalue weighted by Gasteiger charge is 2.18. The Morgan fingerprint density at radius 1 is 1.53 bits per heavy atom. The molecule has 0 radical (unpaired) electrons. The van der Waals surface area contributed by atoms with Gasteiger partial charge in [0.2, 0.25) is 0 Å². The minimum absolute atomic E-state index is 0.245. The maximum Gasteiger partial charge on any atom is 0.439 e. The normalized spacial score (nSPS) is 18.0. The van der Waals surface area contributed by atoms with Crippen molar-refractivity contribution >= 4 is 11.4 Å². The zero-order valence-corrected chi connectivity index (χ0v) is 10.2. The lowest BCUT2D eigenvalue weighted by Crippen LogP contribution is -2.33. The van der Waals surface area contributed by atoms with Crippen molar-refractivity contribution in [1.29, 1.82) is 0 Å². The minimum Gasteiger partial charge on any atom is -0.397 e. The fourth-order valence-corrected chi connectivity index (χ4v) is 1.88. The van der Waals surface area contributed by atoms with Gasteiger partial charge >= 0.3 is 5.76 Å². The van der Waals surface area contributed by atoms with Crippen molar-refractivity contribution in [1.82, 2.24) is 10.1 Å². The predicted octanol–water partition coefficient (Wildman–Crippen LogP) is 0.813. The van der Waals surface area contributed by atoms with Gasteiger partial charge in [-0.15, -0.1) is 0 Å². The third-order valence-corrected chi connectivity index (χ3v) is 3.08. The molecule has 1 atom stereocenters. The Balaban J connectivity index is 1.80. The van der Waals surface area contributed by atoms with Gasteiger partial charge in [-0.1, -0.05) is 5.16 Å². The molecule has 1 fully saturated rings. The summed E-state index contributed by atoms with van der Waals surface area (Å²) in [5.41, 5.74) is 8.05. The van der Waals surface area contributed by atoms with E-state index in [2.05, 4.69) is 20.0 Å². The number of aromatic amines is 1. The number of hydrogen-bond acceptors (Lipinski definition) is 6. The molecule has 1 saturated heterocycles. The highest BCUT2D eigenvalue weighted by Crippen LogP contribution is 2.25. The van der Waals surface area contributed by atoms with Gasteiger partial charge in [-0.25, -0.2) is 4.79 Å². The van der Waals surface area contributed by atoms with Gasteiger partial charge in [0.25, 0.3) is 0 Å². The van der Waals surface area contributed by atoms with Crippen molar-refractivity contribution in [2.75, 3.05) is 24.2 Å². The average Bonchev–Trinajstić information content (AvgIpc) is 2.76. The third-order valence-electron chi connectivity index (χ3n) is 3.08. The monoisotopic (exact) mass is 262 g/mol. The lowest BCUT2D eigenvalue weighted by molar-refractivity contribution is -0.0410. The topological polar surface area (TPSA) is 106 Å². The van der Waals surface area contributed by atoms with E-state index in [0.717, 1.165) is 24.3 Å². The fourth-order valence-electron chi connectivity index (χ4n) is 1.88. The smallest absolute Gasteiger partial charge is 0.397 e. The van der Waals surface area contributed by atoms with Gasteiger partial charge in [0.1, 0.15) is 0 Å². The van der Waals surface area contributed by atoms with E-state index in [-0.39, 0.29) is 6.10 Å². The zero-order valence-electron chi connectivity index (χ0n) is 10.2. The van der Waals surface area contributed by atoms with E-state index < -0.39 is 5.76 Å². The van der Waals surface area contributed by atoms with Crippen LogP contribution in [0.15, 0.2) is 27.5 Å². The van der Waals surface area contributed by atoms with Crippen LogP contribution in [0.3, 0.4) is 0 Å². The van der Waals surface area contributed by atoms with E-state index in [1.54, 1.807) is 12.1 Å². The molecule has 2 heterocycles. The van der Waals surface area contributed by atoms with E-state index in [4.69, 9.17) is 10.5 Å². The molecule has 1 aromatic carbocycles. The van der Waals surface area contributed by atoms with Gasteiger partial charge in [-0.2, -0.15) is 0 Å². The molecule has 100 valence electrons. The molecule has 7 nitrogen and oxygen atoms in total. The van der Waals surface area contributed by atoms with Crippen LogP contribution >= 0.6 is 0 Å². The molecule has 1 unspecified atom stereocenters. The number of H-pyrrole nitrogens is 1. The Hall–Kier alpha value is -2.28. The molecule has 1 aromatic heterocycles. The molecular weight excluding hydrogens is 248 g/mol. The molecule has 7 heteroatoms. The third kappa shape index (κ3) is 2.45. The lowest BCUT2D eigenvalue weighted by atomic mass is 10.1. The van der Waals surface area contributed by atoms with Crippen LogP contribution in [0.1, 0.15) is 6.42 Å². The Bertz CT molecular complexity index is 630. The number of aromatic nitrogens is 2. The average molecular weight is 262 g/mol. The van der Waals surface area contributed by atoms with Crippen molar-refractivity contribution < 1.29 is 9.26 Å². The minimum atomic E-state index is -0.579. The Morgan fingerprint density at radius 2 is 2.37 bits per heavy atom. The number of hydrogen-bond donors (Lipinski definition) is 3. The van der Waals surface area contributed by atoms with Crippen molar-refractivity contribution in [2.24, 2.45) is 0 Å². The number of ether oxygens (including phenoxy) is 1. The van der Waals surface area contributed by atoms with Crippen LogP contribution in [0.4, 0.5) is 11.4 Å². The number of nitrogen functional groups attached to an aromatic ring is 1. The molecule has 0 saturated carbocycles. The summed E-state index contributed by atoms with van der Waals surface area (Å²) in [4.78, 5) is 13.4. The molecule has 1 aliphatic rings. The fraction of sp³-hybridized carbons (Fsp3) is 0.333. The summed E-state index contributed by atoms with van der Waals surface area (Å²) in [5.74, 6) is -0.197. The molecule has 0 bridgehead atoms. The molecule has 0 amide bonds. The number of benzene rings is 1. The van der Waals surface area contributed by atoms with Crippen molar-refractivity contribution in [2.45, 2.75) is 12.5 Å². The van der Waals surface area contributed by atoms with Gasteiger partial charge in [-0.05, 0) is 24.6 Å². The summed E-state index contributed by atoms with van der Waals surface area (Å²) in [6, 6.07) is 5.35. The van der Waals surface area contributed by atoms with Crippen molar-refractivity contribution in [3.05, 3.63) is 28.7 Å². The Labute approximate surface area is 108 Å². The van der Waals surface area contributed by atoms with E-state index in [0.29, 0.717) is 18.1 Å². The maximum atomic E-state index is 10.9. The standard InChI is InChI=1S/C12H14N4O3/c13-9-2-1-7(11-15-12(17)19-16-11)5-10(9)14-6-8-3-4-18-8/h1-2,5,8,14H,3-4,6,13H2,(H,15,16,17). The van der Waals surface area contributed by atoms with Crippen LogP contribution < -0.4 is 16.8 Å². The summed E-state index contributed by atoms with van der Waals surface area (Å²) < 4.78 is 9.81. The number of nitrogens with one attached hydrogen (secondary N) is 2. The second kappa shape index (κ2) is 4.77. The second-order valence-corrected chi connectivity index (χ2v) is 4.41. The first-order valence-corrected chi connectivity index (χ1v) is 6.04. The van der Waals surface area contributed by atoms with Gasteiger partial charge in [0.15, 0.2) is 5.82 Å². The zero-order chi connectivity index (χ0) is 13.2. The first-order valence-electron chi connectivity index (χ1n) is 6.04. The second-order valence-electron chi connectivity index (χ2n) is 4.41. The number of nitrogens with zero attached hydrogens (tertiary/aromatic N) is 1. The summed E-state index contributed by atoms with van der Waals surface area (Å²) in [6.45, 7) is 1.53. The van der Waals surface area contributed by atoms with Gasteiger partial charge < -0.3 is 15.8 Å². The van der Waals surface area contributed by atoms with Crippen LogP contribution in [0.25, 0.3) is 11.4 Å². The lowest BCUT2D eigenvalue weighted by Gasteiger charge is -2.27. The van der Waals surface area contributed by atoms with Crippen LogP contribution in [0, 0.1) is 0 Å². The van der Waals surface area contributed by atoms with Crippen LogP contribution in [0.2, 0.25) is 0 Å². The summed E-state index contributed by atoms with van der Waals surface area (Å²) in [6.07, 6.45) is 1.30. The first kappa shape index (κ1) is 11.8. The Morgan fingerprint density at radius 3 is 3.00 bits per heavy atom. The summed E-state index contributed by atoms with van der Waals surface area (Å²) in [5, 5.41) is 6.87. The molecule has 4 N–H and O–H groups in total. The molecule has 2 aromatic rings. The molecule has 1 aliphatic heterocycles. The van der Waals surface area contributed by atoms with Gasteiger partial charge in [0.05, 0.1) is 17.5 Å². The molecular formula is C12H14N4O3. The SMILES string of the molecule is Nc1ccc(-c2noc(=O)[nH]2)cc1NCC1CCO1. The summed E-state index contributed by atoms with van der Waals surface area (Å²) >= 11 is 0. The number of anilines is 2. The highest BCUT2D eigenvalue weighted by molar-refractivity contribution is 5.73. The van der Waals surface area contributed by atoms with Gasteiger partial charge in [-0.3, -0.25) is 9.51 Å². The van der Waals surface area contributed by atoms with E-state index in [9.17, 15) is 4.79 Å². The number of nitrogens with two attached hydrogens (primary N) is 1. The first-order chi connectivity index (χ1) is 9.22. The van der Waals surface area contributed by atoms with Crippen LogP contribution in [-0.2, 0) is 4.74 Å². The van der Waals surface area contributed by atoms with Crippen molar-refractivity contribution in [3.8, 4) is 11.4 Å². The maximum absolute atomic E-state index is 10.9. The van der Waals surface area contributed by atoms with E-state index in [1.165, 1.54) is 0 Å². The quantitative estimate of drug-likeness (QED) is 0.704. The van der Waals surface area contributed by atoms with Gasteiger partial charge in [0, 0.05) is 18.7 Å². The highest BCUT2D eigenvalue weighted by atomic mass is 16.5. The van der Waals surface area contributed by atoms with E-state index >= 15 is 0 Å². The number of rotatable bonds is 4.